The van der Waals surface area contributed by atoms with Crippen LogP contribution in [0.15, 0.2) is 0 Å². The molecular formula is C13H27N3O. The van der Waals surface area contributed by atoms with Crippen LogP contribution in [0.1, 0.15) is 52.4 Å². The Hall–Kier alpha value is -0.610. The van der Waals surface area contributed by atoms with Crippen molar-refractivity contribution in [2.24, 2.45) is 11.8 Å². The summed E-state index contributed by atoms with van der Waals surface area (Å²) in [5.41, 5.74) is 2.28. The van der Waals surface area contributed by atoms with E-state index in [4.69, 9.17) is 5.84 Å². The summed E-state index contributed by atoms with van der Waals surface area (Å²) >= 11 is 0. The molecule has 4 heteroatoms. The molecule has 0 bridgehead atoms. The van der Waals surface area contributed by atoms with Crippen molar-refractivity contribution >= 4 is 5.91 Å². The van der Waals surface area contributed by atoms with Crippen LogP contribution in [0.4, 0.5) is 0 Å². The fourth-order valence-electron chi connectivity index (χ4n) is 2.97. The molecule has 0 spiro atoms. The van der Waals surface area contributed by atoms with Gasteiger partial charge in [0.15, 0.2) is 0 Å². The maximum Gasteiger partial charge on any atom is 0.251 e. The molecular weight excluding hydrogens is 214 g/mol. The molecule has 0 aromatic carbocycles. The minimum Gasteiger partial charge on any atom is -0.293 e. The summed E-state index contributed by atoms with van der Waals surface area (Å²) in [4.78, 5) is 13.9. The molecule has 0 aromatic rings. The van der Waals surface area contributed by atoms with E-state index in [0.29, 0.717) is 6.04 Å². The van der Waals surface area contributed by atoms with Crippen molar-refractivity contribution in [2.75, 3.05) is 7.05 Å². The topological polar surface area (TPSA) is 58.4 Å². The number of hydrogen-bond acceptors (Lipinski definition) is 3. The molecule has 4 nitrogen and oxygen atoms in total. The number of hydrazine groups is 1. The lowest BCUT2D eigenvalue weighted by atomic mass is 9.83. The van der Waals surface area contributed by atoms with E-state index in [-0.39, 0.29) is 11.9 Å². The Bertz CT molecular complexity index is 237. The molecule has 1 atom stereocenters. The molecule has 0 heterocycles. The molecule has 0 aliphatic heterocycles. The van der Waals surface area contributed by atoms with Crippen LogP contribution in [0.25, 0.3) is 0 Å². The van der Waals surface area contributed by atoms with Crippen molar-refractivity contribution < 1.29 is 4.79 Å². The van der Waals surface area contributed by atoms with Gasteiger partial charge >= 0.3 is 0 Å². The number of nitrogens with two attached hydrogens (primary N) is 1. The number of carbonyl (C=O) groups excluding carboxylic acids is 1. The van der Waals surface area contributed by atoms with Gasteiger partial charge in [-0.1, -0.05) is 20.3 Å². The molecule has 1 rings (SSSR count). The monoisotopic (exact) mass is 241 g/mol. The molecule has 1 aliphatic carbocycles. The van der Waals surface area contributed by atoms with Gasteiger partial charge in [0, 0.05) is 6.04 Å². The molecule has 0 aromatic heterocycles. The third kappa shape index (κ3) is 3.68. The average Bonchev–Trinajstić information content (AvgIpc) is 2.39. The second-order valence-electron chi connectivity index (χ2n) is 5.18. The number of carbonyl (C=O) groups is 1. The maximum atomic E-state index is 11.7. The average molecular weight is 241 g/mol. The van der Waals surface area contributed by atoms with Crippen LogP contribution in [0.2, 0.25) is 0 Å². The Morgan fingerprint density at radius 2 is 1.94 bits per heavy atom. The number of nitrogens with one attached hydrogen (secondary N) is 1. The van der Waals surface area contributed by atoms with Crippen molar-refractivity contribution in [1.29, 1.82) is 0 Å². The van der Waals surface area contributed by atoms with E-state index < -0.39 is 0 Å². The minimum absolute atomic E-state index is 0.0624. The van der Waals surface area contributed by atoms with Gasteiger partial charge in [-0.25, -0.2) is 5.84 Å². The summed E-state index contributed by atoms with van der Waals surface area (Å²) in [5.74, 6) is 6.06. The smallest absolute Gasteiger partial charge is 0.251 e. The standard InChI is InChI=1S/C13H27N3O/c1-4-10-6-8-11(9-7-10)16(3)12(5-2)13(17)15-14/h10-12H,4-9,14H2,1-3H3,(H,15,17). The largest absolute Gasteiger partial charge is 0.293 e. The molecule has 1 fully saturated rings. The molecule has 1 aliphatic rings. The molecule has 17 heavy (non-hydrogen) atoms. The second-order valence-corrected chi connectivity index (χ2v) is 5.18. The van der Waals surface area contributed by atoms with Crippen LogP contribution in [-0.4, -0.2) is 29.9 Å². The van der Waals surface area contributed by atoms with Crippen LogP contribution >= 0.6 is 0 Å². The van der Waals surface area contributed by atoms with Crippen LogP contribution in [0, 0.1) is 5.92 Å². The highest BCUT2D eigenvalue weighted by molar-refractivity contribution is 5.81. The number of hydrogen-bond donors (Lipinski definition) is 2. The Balaban J connectivity index is 2.51. The summed E-state index contributed by atoms with van der Waals surface area (Å²) in [6.45, 7) is 4.31. The Morgan fingerprint density at radius 1 is 1.35 bits per heavy atom. The van der Waals surface area contributed by atoms with Gasteiger partial charge in [-0.15, -0.1) is 0 Å². The van der Waals surface area contributed by atoms with Gasteiger partial charge in [0.2, 0.25) is 0 Å². The van der Waals surface area contributed by atoms with Crippen molar-refractivity contribution in [1.82, 2.24) is 10.3 Å². The molecule has 1 unspecified atom stereocenters. The van der Waals surface area contributed by atoms with Gasteiger partial charge in [0.1, 0.15) is 0 Å². The zero-order valence-electron chi connectivity index (χ0n) is 11.4. The Kier molecular flexibility index (Phi) is 5.92. The minimum atomic E-state index is -0.0804. The summed E-state index contributed by atoms with van der Waals surface area (Å²) < 4.78 is 0. The summed E-state index contributed by atoms with van der Waals surface area (Å²) in [6, 6.07) is 0.461. The van der Waals surface area contributed by atoms with Gasteiger partial charge in [0.25, 0.3) is 5.91 Å². The van der Waals surface area contributed by atoms with Gasteiger partial charge in [0.05, 0.1) is 6.04 Å². The first-order valence-electron chi connectivity index (χ1n) is 6.86. The van der Waals surface area contributed by atoms with E-state index in [1.54, 1.807) is 0 Å². The van der Waals surface area contributed by atoms with E-state index in [2.05, 4.69) is 24.3 Å². The second kappa shape index (κ2) is 6.97. The van der Waals surface area contributed by atoms with Gasteiger partial charge in [-0.3, -0.25) is 15.1 Å². The quantitative estimate of drug-likeness (QED) is 0.437. The summed E-state index contributed by atoms with van der Waals surface area (Å²) in [5, 5.41) is 0. The Labute approximate surface area is 105 Å². The van der Waals surface area contributed by atoms with Crippen molar-refractivity contribution in [2.45, 2.75) is 64.5 Å². The third-order valence-corrected chi connectivity index (χ3v) is 4.29. The zero-order valence-corrected chi connectivity index (χ0v) is 11.4. The molecule has 0 saturated heterocycles. The van der Waals surface area contributed by atoms with Crippen LogP contribution in [0.3, 0.4) is 0 Å². The van der Waals surface area contributed by atoms with E-state index in [1.807, 2.05) is 6.92 Å². The lowest BCUT2D eigenvalue weighted by Crippen LogP contribution is -2.51. The predicted molar refractivity (Wildman–Crippen MR) is 70.2 cm³/mol. The van der Waals surface area contributed by atoms with Crippen LogP contribution in [0.5, 0.6) is 0 Å². The normalized spacial score (nSPS) is 26.9. The predicted octanol–water partition coefficient (Wildman–Crippen LogP) is 1.66. The highest BCUT2D eigenvalue weighted by Gasteiger charge is 2.29. The van der Waals surface area contributed by atoms with E-state index >= 15 is 0 Å². The Morgan fingerprint density at radius 3 is 2.35 bits per heavy atom. The first-order valence-corrected chi connectivity index (χ1v) is 6.86. The van der Waals surface area contributed by atoms with Crippen LogP contribution in [-0.2, 0) is 4.79 Å². The molecule has 3 N–H and O–H groups in total. The fourth-order valence-corrected chi connectivity index (χ4v) is 2.97. The zero-order chi connectivity index (χ0) is 12.8. The highest BCUT2D eigenvalue weighted by Crippen LogP contribution is 2.29. The van der Waals surface area contributed by atoms with Gasteiger partial charge in [-0.2, -0.15) is 0 Å². The number of likely N-dealkylation sites (N-methyl/N-ethyl adjacent to an activating group) is 1. The van der Waals surface area contributed by atoms with Crippen molar-refractivity contribution in [3.05, 3.63) is 0 Å². The lowest BCUT2D eigenvalue weighted by molar-refractivity contribution is -0.127. The van der Waals surface area contributed by atoms with Gasteiger partial charge < -0.3 is 0 Å². The maximum absolute atomic E-state index is 11.7. The molecule has 1 saturated carbocycles. The third-order valence-electron chi connectivity index (χ3n) is 4.29. The number of nitrogens with zero attached hydrogens (tertiary/aromatic N) is 1. The van der Waals surface area contributed by atoms with Crippen molar-refractivity contribution in [3.63, 3.8) is 0 Å². The molecule has 0 radical (unpaired) electrons. The van der Waals surface area contributed by atoms with Crippen LogP contribution < -0.4 is 11.3 Å². The number of amides is 1. The van der Waals surface area contributed by atoms with E-state index in [9.17, 15) is 4.79 Å². The molecule has 1 amide bonds. The lowest BCUT2D eigenvalue weighted by Gasteiger charge is -2.37. The highest BCUT2D eigenvalue weighted by atomic mass is 16.2. The summed E-state index contributed by atoms with van der Waals surface area (Å²) in [7, 11) is 2.06. The molecule has 100 valence electrons. The first kappa shape index (κ1) is 14.5. The van der Waals surface area contributed by atoms with Gasteiger partial charge in [-0.05, 0) is 45.1 Å². The number of rotatable bonds is 5. The SMILES string of the molecule is CCC1CCC(N(C)C(CC)C(=O)NN)CC1. The fraction of sp³-hybridized carbons (Fsp3) is 0.923. The first-order chi connectivity index (χ1) is 8.13. The van der Waals surface area contributed by atoms with E-state index in [0.717, 1.165) is 12.3 Å². The van der Waals surface area contributed by atoms with E-state index in [1.165, 1.54) is 32.1 Å². The summed E-state index contributed by atoms with van der Waals surface area (Å²) in [6.07, 6.45) is 7.12. The van der Waals surface area contributed by atoms with Crippen molar-refractivity contribution in [3.8, 4) is 0 Å².